The lowest BCUT2D eigenvalue weighted by molar-refractivity contribution is -0.141. The van der Waals surface area contributed by atoms with Crippen LogP contribution in [0, 0.1) is 6.92 Å². The number of carbonyl (C=O) groups is 1. The average Bonchev–Trinajstić information content (AvgIpc) is 2.99. The van der Waals surface area contributed by atoms with Crippen molar-refractivity contribution >= 4 is 17.2 Å². The predicted molar refractivity (Wildman–Crippen MR) is 87.8 cm³/mol. The van der Waals surface area contributed by atoms with Crippen LogP contribution in [-0.2, 0) is 17.4 Å². The summed E-state index contributed by atoms with van der Waals surface area (Å²) >= 11 is 1.47. The highest BCUT2D eigenvalue weighted by Gasteiger charge is 2.33. The molecule has 2 aromatic heterocycles. The number of piperidine rings is 1. The maximum atomic E-state index is 12.7. The molecule has 1 saturated heterocycles. The number of rotatable bonds is 4. The maximum Gasteiger partial charge on any atom is 0.433 e. The first-order chi connectivity index (χ1) is 12.3. The normalized spacial score (nSPS) is 18.0. The molecule has 10 heteroatoms. The van der Waals surface area contributed by atoms with E-state index in [1.165, 1.54) is 11.3 Å². The summed E-state index contributed by atoms with van der Waals surface area (Å²) in [5, 5.41) is 0.898. The highest BCUT2D eigenvalue weighted by atomic mass is 32.1. The highest BCUT2D eigenvalue weighted by molar-refractivity contribution is 7.11. The van der Waals surface area contributed by atoms with E-state index in [2.05, 4.69) is 15.0 Å². The molecule has 26 heavy (non-hydrogen) atoms. The lowest BCUT2D eigenvalue weighted by Crippen LogP contribution is -2.45. The number of amides is 1. The maximum absolute atomic E-state index is 12.7. The second-order valence-electron chi connectivity index (χ2n) is 5.97. The number of ether oxygens (including phenoxy) is 1. The molecule has 0 bridgehead atoms. The molecule has 1 aliphatic rings. The minimum Gasteiger partial charge on any atom is -0.458 e. The Morgan fingerprint density at radius 3 is 2.92 bits per heavy atom. The van der Waals surface area contributed by atoms with Crippen molar-refractivity contribution in [1.82, 2.24) is 19.9 Å². The molecule has 0 aromatic carbocycles. The molecular formula is C16H17F3N4O2S. The van der Waals surface area contributed by atoms with E-state index in [4.69, 9.17) is 4.74 Å². The van der Waals surface area contributed by atoms with Crippen LogP contribution in [0.4, 0.5) is 13.2 Å². The van der Waals surface area contributed by atoms with E-state index in [1.54, 1.807) is 11.1 Å². The highest BCUT2D eigenvalue weighted by Crippen LogP contribution is 2.28. The van der Waals surface area contributed by atoms with Crippen LogP contribution >= 0.6 is 11.3 Å². The number of halogens is 3. The van der Waals surface area contributed by atoms with Crippen LogP contribution in [0.25, 0.3) is 0 Å². The van der Waals surface area contributed by atoms with Crippen molar-refractivity contribution in [2.45, 2.75) is 38.5 Å². The van der Waals surface area contributed by atoms with Gasteiger partial charge in [-0.15, -0.1) is 11.3 Å². The third kappa shape index (κ3) is 4.69. The second-order valence-corrected chi connectivity index (χ2v) is 7.29. The van der Waals surface area contributed by atoms with Gasteiger partial charge in [-0.1, -0.05) is 0 Å². The molecular weight excluding hydrogens is 369 g/mol. The number of carbonyl (C=O) groups excluding carboxylic acids is 1. The first-order valence-corrected chi connectivity index (χ1v) is 8.89. The van der Waals surface area contributed by atoms with Crippen LogP contribution in [0.3, 0.4) is 0 Å². The van der Waals surface area contributed by atoms with Gasteiger partial charge in [0, 0.05) is 23.8 Å². The average molecular weight is 386 g/mol. The third-order valence-electron chi connectivity index (χ3n) is 3.92. The summed E-state index contributed by atoms with van der Waals surface area (Å²) in [5.41, 5.74) is -1.05. The van der Waals surface area contributed by atoms with Crippen molar-refractivity contribution in [3.63, 3.8) is 0 Å². The summed E-state index contributed by atoms with van der Waals surface area (Å²) in [6.45, 7) is 2.77. The number of aryl methyl sites for hydroxylation is 1. The van der Waals surface area contributed by atoms with Gasteiger partial charge in [-0.3, -0.25) is 4.79 Å². The number of hydrogen-bond acceptors (Lipinski definition) is 6. The largest absolute Gasteiger partial charge is 0.458 e. The molecule has 1 amide bonds. The Morgan fingerprint density at radius 1 is 1.42 bits per heavy atom. The van der Waals surface area contributed by atoms with E-state index in [0.29, 0.717) is 25.9 Å². The molecule has 0 radical (unpaired) electrons. The fraction of sp³-hybridized carbons (Fsp3) is 0.500. The zero-order valence-electron chi connectivity index (χ0n) is 14.0. The van der Waals surface area contributed by atoms with Gasteiger partial charge in [0.2, 0.25) is 5.91 Å². The van der Waals surface area contributed by atoms with Crippen LogP contribution in [0.1, 0.15) is 28.4 Å². The topological polar surface area (TPSA) is 68.2 Å². The number of alkyl halides is 3. The van der Waals surface area contributed by atoms with Gasteiger partial charge < -0.3 is 9.64 Å². The molecule has 0 spiro atoms. The lowest BCUT2D eigenvalue weighted by Gasteiger charge is -2.32. The smallest absolute Gasteiger partial charge is 0.433 e. The van der Waals surface area contributed by atoms with Crippen LogP contribution in [-0.4, -0.2) is 45.0 Å². The zero-order valence-corrected chi connectivity index (χ0v) is 14.8. The summed E-state index contributed by atoms with van der Waals surface area (Å²) < 4.78 is 43.7. The third-order valence-corrected chi connectivity index (χ3v) is 4.83. The molecule has 0 aliphatic carbocycles. The van der Waals surface area contributed by atoms with Gasteiger partial charge >= 0.3 is 12.2 Å². The fourth-order valence-corrected chi connectivity index (χ4v) is 3.50. The number of thiazole rings is 1. The van der Waals surface area contributed by atoms with E-state index in [1.807, 2.05) is 6.92 Å². The Bertz CT molecular complexity index is 781. The summed E-state index contributed by atoms with van der Waals surface area (Å²) in [6, 6.07) is 0.470. The number of likely N-dealkylation sites (tertiary alicyclic amines) is 1. The fourth-order valence-electron chi connectivity index (χ4n) is 2.71. The molecule has 0 saturated carbocycles. The minimum absolute atomic E-state index is 0.0492. The van der Waals surface area contributed by atoms with Gasteiger partial charge in [0.25, 0.3) is 0 Å². The molecule has 1 atom stereocenters. The molecule has 2 aromatic rings. The second kappa shape index (κ2) is 7.56. The molecule has 0 N–H and O–H groups in total. The first-order valence-electron chi connectivity index (χ1n) is 8.07. The van der Waals surface area contributed by atoms with Gasteiger partial charge in [-0.2, -0.15) is 18.2 Å². The first kappa shape index (κ1) is 18.6. The lowest BCUT2D eigenvalue weighted by atomic mass is 10.1. The van der Waals surface area contributed by atoms with Gasteiger partial charge in [0.15, 0.2) is 5.69 Å². The van der Waals surface area contributed by atoms with Crippen LogP contribution in [0.15, 0.2) is 18.5 Å². The zero-order chi connectivity index (χ0) is 18.7. The SMILES string of the molecule is Cc1ncc(CC(=O)N2CCCC(Oc3nccc(C(F)(F)F)n3)C2)s1. The Morgan fingerprint density at radius 2 is 2.23 bits per heavy atom. The molecule has 3 heterocycles. The molecule has 1 unspecified atom stereocenters. The van der Waals surface area contributed by atoms with Crippen LogP contribution in [0.2, 0.25) is 0 Å². The van der Waals surface area contributed by atoms with E-state index in [-0.39, 0.29) is 18.3 Å². The van der Waals surface area contributed by atoms with Crippen LogP contribution < -0.4 is 4.74 Å². The number of hydrogen-bond donors (Lipinski definition) is 0. The van der Waals surface area contributed by atoms with Gasteiger partial charge in [0.1, 0.15) is 6.10 Å². The van der Waals surface area contributed by atoms with Crippen LogP contribution in [0.5, 0.6) is 6.01 Å². The van der Waals surface area contributed by atoms with Crippen molar-refractivity contribution < 1.29 is 22.7 Å². The van der Waals surface area contributed by atoms with Crippen molar-refractivity contribution in [2.24, 2.45) is 0 Å². The van der Waals surface area contributed by atoms with Gasteiger partial charge in [-0.25, -0.2) is 9.97 Å². The Hall–Kier alpha value is -2.23. The van der Waals surface area contributed by atoms with E-state index in [0.717, 1.165) is 22.1 Å². The van der Waals surface area contributed by atoms with Crippen molar-refractivity contribution in [3.8, 4) is 6.01 Å². The Kier molecular flexibility index (Phi) is 5.40. The molecule has 1 aliphatic heterocycles. The molecule has 140 valence electrons. The number of nitrogens with zero attached hydrogens (tertiary/aromatic N) is 4. The van der Waals surface area contributed by atoms with Gasteiger partial charge in [-0.05, 0) is 25.8 Å². The van der Waals surface area contributed by atoms with E-state index in [9.17, 15) is 18.0 Å². The summed E-state index contributed by atoms with van der Waals surface area (Å²) in [4.78, 5) is 26.3. The number of aromatic nitrogens is 3. The standard InChI is InChI=1S/C16H17F3N4O2S/c1-10-21-8-12(26-10)7-14(24)23-6-2-3-11(9-23)25-15-20-5-4-13(22-15)16(17,18)19/h4-5,8,11H,2-3,6-7,9H2,1H3. The van der Waals surface area contributed by atoms with Crippen molar-refractivity contribution in [1.29, 1.82) is 0 Å². The predicted octanol–water partition coefficient (Wildman–Crippen LogP) is 2.87. The van der Waals surface area contributed by atoms with Crippen molar-refractivity contribution in [3.05, 3.63) is 34.0 Å². The molecule has 3 rings (SSSR count). The Labute approximate surface area is 152 Å². The summed E-state index contributed by atoms with van der Waals surface area (Å²) in [7, 11) is 0. The van der Waals surface area contributed by atoms with E-state index >= 15 is 0 Å². The Balaban J connectivity index is 1.61. The summed E-state index contributed by atoms with van der Waals surface area (Å²) in [5.74, 6) is -0.0492. The van der Waals surface area contributed by atoms with Crippen molar-refractivity contribution in [2.75, 3.05) is 13.1 Å². The molecule has 6 nitrogen and oxygen atoms in total. The quantitative estimate of drug-likeness (QED) is 0.808. The van der Waals surface area contributed by atoms with Gasteiger partial charge in [0.05, 0.1) is 18.0 Å². The summed E-state index contributed by atoms with van der Waals surface area (Å²) in [6.07, 6.45) is -0.685. The monoisotopic (exact) mass is 386 g/mol. The minimum atomic E-state index is -4.55. The molecule has 1 fully saturated rings. The van der Waals surface area contributed by atoms with E-state index < -0.39 is 18.0 Å².